The van der Waals surface area contributed by atoms with Crippen LogP contribution in [-0.2, 0) is 0 Å². The lowest BCUT2D eigenvalue weighted by Gasteiger charge is -2.25. The third kappa shape index (κ3) is 3.76. The van der Waals surface area contributed by atoms with Crippen molar-refractivity contribution in [3.8, 4) is 18.1 Å². The molecule has 0 aliphatic rings. The summed E-state index contributed by atoms with van der Waals surface area (Å²) in [6.45, 7) is 6.07. The van der Waals surface area contributed by atoms with Gasteiger partial charge in [-0.3, -0.25) is 5.32 Å². The molecule has 1 unspecified atom stereocenters. The zero-order valence-electron chi connectivity index (χ0n) is 10.7. The van der Waals surface area contributed by atoms with Gasteiger partial charge in [-0.15, -0.1) is 6.42 Å². The Morgan fingerprint density at radius 1 is 1.47 bits per heavy atom. The SMILES string of the molecule is C#CC(C)(C)NC(C)c1ccc(OC)c(Br)c1. The molecule has 0 aliphatic heterocycles. The minimum atomic E-state index is -0.314. The van der Waals surface area contributed by atoms with Crippen molar-refractivity contribution in [3.05, 3.63) is 28.2 Å². The van der Waals surface area contributed by atoms with Crippen LogP contribution in [0.2, 0.25) is 0 Å². The van der Waals surface area contributed by atoms with Crippen LogP contribution >= 0.6 is 15.9 Å². The molecule has 0 heterocycles. The molecule has 2 nitrogen and oxygen atoms in total. The first-order valence-corrected chi connectivity index (χ1v) is 6.28. The molecule has 17 heavy (non-hydrogen) atoms. The Hall–Kier alpha value is -0.980. The van der Waals surface area contributed by atoms with Crippen LogP contribution in [0.3, 0.4) is 0 Å². The van der Waals surface area contributed by atoms with Crippen molar-refractivity contribution >= 4 is 15.9 Å². The number of hydrogen-bond acceptors (Lipinski definition) is 2. The maximum atomic E-state index is 5.47. The minimum Gasteiger partial charge on any atom is -0.496 e. The molecule has 0 saturated carbocycles. The van der Waals surface area contributed by atoms with Crippen LogP contribution in [-0.4, -0.2) is 12.6 Å². The van der Waals surface area contributed by atoms with E-state index < -0.39 is 0 Å². The van der Waals surface area contributed by atoms with Gasteiger partial charge in [0.05, 0.1) is 17.1 Å². The highest BCUT2D eigenvalue weighted by Crippen LogP contribution is 2.28. The van der Waals surface area contributed by atoms with Gasteiger partial charge in [0.15, 0.2) is 0 Å². The monoisotopic (exact) mass is 295 g/mol. The largest absolute Gasteiger partial charge is 0.496 e. The number of halogens is 1. The second kappa shape index (κ2) is 5.57. The Balaban J connectivity index is 2.87. The number of terminal acetylenes is 1. The van der Waals surface area contributed by atoms with Crippen LogP contribution in [0, 0.1) is 12.3 Å². The predicted octanol–water partition coefficient (Wildman–Crippen LogP) is 3.52. The number of hydrogen-bond donors (Lipinski definition) is 1. The van der Waals surface area contributed by atoms with Gasteiger partial charge in [-0.05, 0) is 54.4 Å². The van der Waals surface area contributed by atoms with Crippen LogP contribution in [0.25, 0.3) is 0 Å². The summed E-state index contributed by atoms with van der Waals surface area (Å²) in [5, 5.41) is 3.39. The molecule has 1 aromatic carbocycles. The van der Waals surface area contributed by atoms with Gasteiger partial charge in [0, 0.05) is 6.04 Å². The first-order chi connectivity index (χ1) is 7.89. The van der Waals surface area contributed by atoms with Crippen LogP contribution in [0.5, 0.6) is 5.75 Å². The van der Waals surface area contributed by atoms with E-state index in [9.17, 15) is 0 Å². The molecule has 0 fully saturated rings. The molecule has 1 N–H and O–H groups in total. The summed E-state index contributed by atoms with van der Waals surface area (Å²) in [6.07, 6.45) is 5.47. The predicted molar refractivity (Wildman–Crippen MR) is 75.2 cm³/mol. The average Bonchev–Trinajstić information content (AvgIpc) is 2.28. The van der Waals surface area contributed by atoms with E-state index >= 15 is 0 Å². The van der Waals surface area contributed by atoms with Gasteiger partial charge in [0.25, 0.3) is 0 Å². The molecule has 0 saturated heterocycles. The number of benzene rings is 1. The van der Waals surface area contributed by atoms with E-state index in [1.807, 2.05) is 32.0 Å². The molecule has 0 aliphatic carbocycles. The highest BCUT2D eigenvalue weighted by molar-refractivity contribution is 9.10. The fourth-order valence-electron chi connectivity index (χ4n) is 1.62. The van der Waals surface area contributed by atoms with E-state index in [1.54, 1.807) is 7.11 Å². The van der Waals surface area contributed by atoms with Crippen molar-refractivity contribution in [2.75, 3.05) is 7.11 Å². The zero-order chi connectivity index (χ0) is 13.1. The lowest BCUT2D eigenvalue weighted by Crippen LogP contribution is -2.39. The van der Waals surface area contributed by atoms with Crippen molar-refractivity contribution in [3.63, 3.8) is 0 Å². The first kappa shape index (κ1) is 14.1. The molecule has 1 aromatic rings. The Morgan fingerprint density at radius 3 is 2.59 bits per heavy atom. The van der Waals surface area contributed by atoms with Crippen molar-refractivity contribution < 1.29 is 4.74 Å². The van der Waals surface area contributed by atoms with E-state index in [-0.39, 0.29) is 11.6 Å². The molecular weight excluding hydrogens is 278 g/mol. The quantitative estimate of drug-likeness (QED) is 0.858. The maximum Gasteiger partial charge on any atom is 0.133 e. The van der Waals surface area contributed by atoms with Crippen LogP contribution in [0.15, 0.2) is 22.7 Å². The van der Waals surface area contributed by atoms with Crippen molar-refractivity contribution in [1.29, 1.82) is 0 Å². The molecule has 0 amide bonds. The Morgan fingerprint density at radius 2 is 2.12 bits per heavy atom. The van der Waals surface area contributed by atoms with E-state index in [2.05, 4.69) is 34.1 Å². The van der Waals surface area contributed by atoms with Gasteiger partial charge in [-0.1, -0.05) is 12.0 Å². The van der Waals surface area contributed by atoms with Gasteiger partial charge >= 0.3 is 0 Å². The lowest BCUT2D eigenvalue weighted by atomic mass is 10.0. The van der Waals surface area contributed by atoms with Gasteiger partial charge in [-0.2, -0.15) is 0 Å². The molecule has 92 valence electrons. The normalized spacial score (nSPS) is 12.9. The Labute approximate surface area is 112 Å². The van der Waals surface area contributed by atoms with E-state index in [0.29, 0.717) is 0 Å². The summed E-state index contributed by atoms with van der Waals surface area (Å²) in [5.41, 5.74) is 0.854. The van der Waals surface area contributed by atoms with Crippen LogP contribution in [0.1, 0.15) is 32.4 Å². The topological polar surface area (TPSA) is 21.3 Å². The number of nitrogens with one attached hydrogen (secondary N) is 1. The van der Waals surface area contributed by atoms with Crippen LogP contribution < -0.4 is 10.1 Å². The molecule has 0 bridgehead atoms. The summed E-state index contributed by atoms with van der Waals surface area (Å²) >= 11 is 3.48. The lowest BCUT2D eigenvalue weighted by molar-refractivity contribution is 0.410. The fraction of sp³-hybridized carbons (Fsp3) is 0.429. The molecule has 1 atom stereocenters. The number of methoxy groups -OCH3 is 1. The molecule has 3 heteroatoms. The molecule has 0 aromatic heterocycles. The van der Waals surface area contributed by atoms with Crippen molar-refractivity contribution in [2.24, 2.45) is 0 Å². The summed E-state index contributed by atoms with van der Waals surface area (Å²) in [6, 6.07) is 6.21. The number of rotatable bonds is 4. The van der Waals surface area contributed by atoms with Crippen molar-refractivity contribution in [2.45, 2.75) is 32.4 Å². The Bertz CT molecular complexity index is 434. The smallest absolute Gasteiger partial charge is 0.133 e. The standard InChI is InChI=1S/C14H18BrNO/c1-6-14(3,4)16-10(2)11-7-8-13(17-5)12(15)9-11/h1,7-10,16H,2-5H3. The number of ether oxygens (including phenoxy) is 1. The molecule has 0 radical (unpaired) electrons. The zero-order valence-corrected chi connectivity index (χ0v) is 12.3. The summed E-state index contributed by atoms with van der Waals surface area (Å²) < 4.78 is 6.15. The third-order valence-electron chi connectivity index (χ3n) is 2.61. The van der Waals surface area contributed by atoms with E-state index in [4.69, 9.17) is 11.2 Å². The maximum absolute atomic E-state index is 5.47. The third-order valence-corrected chi connectivity index (χ3v) is 3.23. The second-order valence-corrected chi connectivity index (χ2v) is 5.38. The van der Waals surface area contributed by atoms with Gasteiger partial charge in [0.1, 0.15) is 5.75 Å². The molecule has 0 spiro atoms. The second-order valence-electron chi connectivity index (χ2n) is 4.53. The molecular formula is C14H18BrNO. The molecule has 1 rings (SSSR count). The van der Waals surface area contributed by atoms with Crippen molar-refractivity contribution in [1.82, 2.24) is 5.32 Å². The van der Waals surface area contributed by atoms with Crippen LogP contribution in [0.4, 0.5) is 0 Å². The van der Waals surface area contributed by atoms with Gasteiger partial charge in [0.2, 0.25) is 0 Å². The van der Waals surface area contributed by atoms with Gasteiger partial charge < -0.3 is 4.74 Å². The first-order valence-electron chi connectivity index (χ1n) is 5.48. The van der Waals surface area contributed by atoms with E-state index in [0.717, 1.165) is 10.2 Å². The summed E-state index contributed by atoms with van der Waals surface area (Å²) in [7, 11) is 1.66. The average molecular weight is 296 g/mol. The Kier molecular flexibility index (Phi) is 4.62. The minimum absolute atomic E-state index is 0.184. The van der Waals surface area contributed by atoms with Gasteiger partial charge in [-0.25, -0.2) is 0 Å². The summed E-state index contributed by atoms with van der Waals surface area (Å²) in [5.74, 6) is 3.56. The highest BCUT2D eigenvalue weighted by Gasteiger charge is 2.18. The van der Waals surface area contributed by atoms with E-state index in [1.165, 1.54) is 5.56 Å². The fourth-order valence-corrected chi connectivity index (χ4v) is 2.18. The summed E-state index contributed by atoms with van der Waals surface area (Å²) in [4.78, 5) is 0. The highest BCUT2D eigenvalue weighted by atomic mass is 79.9.